The highest BCUT2D eigenvalue weighted by Gasteiger charge is 2.05. The van der Waals surface area contributed by atoms with Gasteiger partial charge in [0.2, 0.25) is 5.91 Å². The number of fused-ring (bicyclic) bond motifs is 1. The zero-order chi connectivity index (χ0) is 15.4. The molecule has 1 amide bonds. The number of aromatic nitrogens is 2. The lowest BCUT2D eigenvalue weighted by atomic mass is 10.1. The van der Waals surface area contributed by atoms with Crippen LogP contribution in [0.3, 0.4) is 0 Å². The Hall–Kier alpha value is -2.46. The molecule has 5 heteroatoms. The molecule has 0 aliphatic rings. The molecule has 0 saturated carbocycles. The largest absolute Gasteiger partial charge is 0.352 e. The number of amides is 1. The van der Waals surface area contributed by atoms with Crippen LogP contribution in [0.25, 0.3) is 10.9 Å². The molecule has 0 atom stereocenters. The van der Waals surface area contributed by atoms with Crippen LogP contribution in [0.15, 0.2) is 54.9 Å². The molecule has 0 saturated heterocycles. The van der Waals surface area contributed by atoms with Crippen molar-refractivity contribution in [3.8, 4) is 0 Å². The molecule has 4 nitrogen and oxygen atoms in total. The molecule has 0 bridgehead atoms. The van der Waals surface area contributed by atoms with Crippen molar-refractivity contribution < 1.29 is 4.79 Å². The minimum absolute atomic E-state index is 0.0806. The third-order valence-corrected chi connectivity index (χ3v) is 3.49. The number of nitrogens with one attached hydrogen (secondary N) is 1. The zero-order valence-corrected chi connectivity index (χ0v) is 12.5. The first-order valence-electron chi connectivity index (χ1n) is 6.91. The fourth-order valence-corrected chi connectivity index (χ4v) is 2.26. The molecule has 1 N–H and O–H groups in total. The first-order chi connectivity index (χ1) is 10.7. The van der Waals surface area contributed by atoms with E-state index in [0.29, 0.717) is 17.3 Å². The van der Waals surface area contributed by atoms with Crippen LogP contribution in [0.4, 0.5) is 0 Å². The second-order valence-corrected chi connectivity index (χ2v) is 5.39. The Morgan fingerprint density at radius 1 is 1.09 bits per heavy atom. The van der Waals surface area contributed by atoms with E-state index in [9.17, 15) is 4.79 Å². The van der Waals surface area contributed by atoms with E-state index in [1.165, 1.54) is 6.20 Å². The Kier molecular flexibility index (Phi) is 4.30. The smallest absolute Gasteiger partial charge is 0.226 e. The van der Waals surface area contributed by atoms with Crippen LogP contribution < -0.4 is 5.32 Å². The first-order valence-corrected chi connectivity index (χ1v) is 7.29. The third-order valence-electron chi connectivity index (χ3n) is 3.27. The number of benzene rings is 1. The van der Waals surface area contributed by atoms with E-state index >= 15 is 0 Å². The molecule has 1 aromatic carbocycles. The van der Waals surface area contributed by atoms with Crippen LogP contribution in [-0.4, -0.2) is 15.9 Å². The molecule has 0 unspecified atom stereocenters. The summed E-state index contributed by atoms with van der Waals surface area (Å²) in [6, 6.07) is 13.4. The van der Waals surface area contributed by atoms with Crippen molar-refractivity contribution in [2.45, 2.75) is 13.0 Å². The summed E-state index contributed by atoms with van der Waals surface area (Å²) in [5.74, 6) is -0.0806. The molecular formula is C17H14ClN3O. The molecule has 2 heterocycles. The van der Waals surface area contributed by atoms with Crippen LogP contribution in [0.1, 0.15) is 11.3 Å². The van der Waals surface area contributed by atoms with Crippen molar-refractivity contribution >= 4 is 28.4 Å². The van der Waals surface area contributed by atoms with Gasteiger partial charge >= 0.3 is 0 Å². The van der Waals surface area contributed by atoms with Gasteiger partial charge in [-0.15, -0.1) is 0 Å². The molecule has 0 radical (unpaired) electrons. The topological polar surface area (TPSA) is 54.9 Å². The van der Waals surface area contributed by atoms with E-state index < -0.39 is 0 Å². The number of halogens is 1. The number of carbonyl (C=O) groups is 1. The van der Waals surface area contributed by atoms with E-state index in [0.717, 1.165) is 16.5 Å². The van der Waals surface area contributed by atoms with Crippen molar-refractivity contribution in [1.29, 1.82) is 0 Å². The summed E-state index contributed by atoms with van der Waals surface area (Å²) in [5.41, 5.74) is 2.61. The molecule has 110 valence electrons. The average molecular weight is 312 g/mol. The quantitative estimate of drug-likeness (QED) is 0.805. The monoisotopic (exact) mass is 311 g/mol. The molecule has 0 spiro atoms. The molecule has 0 aliphatic carbocycles. The predicted octanol–water partition coefficient (Wildman–Crippen LogP) is 3.14. The van der Waals surface area contributed by atoms with Gasteiger partial charge in [-0.3, -0.25) is 14.8 Å². The van der Waals surface area contributed by atoms with Gasteiger partial charge in [-0.1, -0.05) is 29.8 Å². The maximum atomic E-state index is 11.9. The Bertz CT molecular complexity index is 802. The van der Waals surface area contributed by atoms with E-state index in [2.05, 4.69) is 15.3 Å². The van der Waals surface area contributed by atoms with Gasteiger partial charge in [0.1, 0.15) is 0 Å². The number of para-hydroxylation sites is 1. The summed E-state index contributed by atoms with van der Waals surface area (Å²) in [4.78, 5) is 20.4. The van der Waals surface area contributed by atoms with Crippen LogP contribution in [0.5, 0.6) is 0 Å². The van der Waals surface area contributed by atoms with Gasteiger partial charge in [0.25, 0.3) is 0 Å². The normalized spacial score (nSPS) is 10.6. The van der Waals surface area contributed by atoms with Crippen molar-refractivity contribution in [3.63, 3.8) is 0 Å². The van der Waals surface area contributed by atoms with Crippen LogP contribution >= 0.6 is 11.6 Å². The summed E-state index contributed by atoms with van der Waals surface area (Å²) < 4.78 is 0. The average Bonchev–Trinajstić information content (AvgIpc) is 2.55. The summed E-state index contributed by atoms with van der Waals surface area (Å²) in [6.07, 6.45) is 3.55. The highest BCUT2D eigenvalue weighted by Crippen LogP contribution is 2.12. The van der Waals surface area contributed by atoms with Crippen LogP contribution in [0, 0.1) is 0 Å². The first kappa shape index (κ1) is 14.5. The highest BCUT2D eigenvalue weighted by atomic mass is 35.5. The lowest BCUT2D eigenvalue weighted by molar-refractivity contribution is -0.120. The molecule has 2 aromatic heterocycles. The molecule has 22 heavy (non-hydrogen) atoms. The van der Waals surface area contributed by atoms with Crippen molar-refractivity contribution in [1.82, 2.24) is 15.3 Å². The Morgan fingerprint density at radius 2 is 1.95 bits per heavy atom. The number of hydrogen-bond acceptors (Lipinski definition) is 3. The fraction of sp³-hybridized carbons (Fsp3) is 0.118. The summed E-state index contributed by atoms with van der Waals surface area (Å²) in [7, 11) is 0. The number of nitrogens with zero attached hydrogens (tertiary/aromatic N) is 2. The maximum absolute atomic E-state index is 11.9. The van der Waals surface area contributed by atoms with E-state index in [1.807, 2.05) is 30.3 Å². The SMILES string of the molecule is O=C(Cc1ccc(Cl)cn1)NCc1cnc2ccccc2c1. The Morgan fingerprint density at radius 3 is 2.77 bits per heavy atom. The van der Waals surface area contributed by atoms with Gasteiger partial charge in [-0.2, -0.15) is 0 Å². The van der Waals surface area contributed by atoms with E-state index in [-0.39, 0.29) is 12.3 Å². The fourth-order valence-electron chi connectivity index (χ4n) is 2.15. The highest BCUT2D eigenvalue weighted by molar-refractivity contribution is 6.30. The van der Waals surface area contributed by atoms with Gasteiger partial charge < -0.3 is 5.32 Å². The van der Waals surface area contributed by atoms with E-state index in [1.54, 1.807) is 18.3 Å². The molecule has 0 fully saturated rings. The van der Waals surface area contributed by atoms with Gasteiger partial charge in [-0.05, 0) is 29.8 Å². The standard InChI is InChI=1S/C17H14ClN3O/c18-14-5-6-15(19-11-14)8-17(22)21-10-12-7-13-3-1-2-4-16(13)20-9-12/h1-7,9,11H,8,10H2,(H,21,22). The molecule has 3 rings (SSSR count). The van der Waals surface area contributed by atoms with Gasteiger partial charge in [0.15, 0.2) is 0 Å². The van der Waals surface area contributed by atoms with Crippen molar-refractivity contribution in [2.24, 2.45) is 0 Å². The zero-order valence-electron chi connectivity index (χ0n) is 11.8. The Labute approximate surface area is 133 Å². The van der Waals surface area contributed by atoms with Crippen LogP contribution in [-0.2, 0) is 17.8 Å². The lowest BCUT2D eigenvalue weighted by Gasteiger charge is -2.06. The maximum Gasteiger partial charge on any atom is 0.226 e. The van der Waals surface area contributed by atoms with Gasteiger partial charge in [0.05, 0.1) is 17.0 Å². The molecule has 0 aliphatic heterocycles. The van der Waals surface area contributed by atoms with Crippen LogP contribution in [0.2, 0.25) is 5.02 Å². The second-order valence-electron chi connectivity index (χ2n) is 4.96. The number of rotatable bonds is 4. The van der Waals surface area contributed by atoms with E-state index in [4.69, 9.17) is 11.6 Å². The second kappa shape index (κ2) is 6.54. The minimum atomic E-state index is -0.0806. The number of hydrogen-bond donors (Lipinski definition) is 1. The predicted molar refractivity (Wildman–Crippen MR) is 86.5 cm³/mol. The summed E-state index contributed by atoms with van der Waals surface area (Å²) in [6.45, 7) is 0.449. The molecule has 3 aromatic rings. The summed E-state index contributed by atoms with van der Waals surface area (Å²) >= 11 is 5.77. The molecular weight excluding hydrogens is 298 g/mol. The Balaban J connectivity index is 1.60. The van der Waals surface area contributed by atoms with Gasteiger partial charge in [-0.25, -0.2) is 0 Å². The minimum Gasteiger partial charge on any atom is -0.352 e. The summed E-state index contributed by atoms with van der Waals surface area (Å²) in [5, 5.41) is 4.50. The van der Waals surface area contributed by atoms with Crippen molar-refractivity contribution in [2.75, 3.05) is 0 Å². The van der Waals surface area contributed by atoms with Gasteiger partial charge in [0, 0.05) is 30.0 Å². The number of pyridine rings is 2. The lowest BCUT2D eigenvalue weighted by Crippen LogP contribution is -2.24. The van der Waals surface area contributed by atoms with Crippen molar-refractivity contribution in [3.05, 3.63) is 71.1 Å². The number of carbonyl (C=O) groups excluding carboxylic acids is 1. The third kappa shape index (κ3) is 3.59.